The van der Waals surface area contributed by atoms with Crippen LogP contribution in [0.5, 0.6) is 0 Å². The zero-order valence-electron chi connectivity index (χ0n) is 12.1. The number of carbonyl (C=O) groups is 1. The number of nitrogens with two attached hydrogens (primary N) is 1. The predicted octanol–water partition coefficient (Wildman–Crippen LogP) is 2.39. The van der Waals surface area contributed by atoms with Crippen molar-refractivity contribution < 1.29 is 9.53 Å². The maximum Gasteiger partial charge on any atom is 0.220 e. The first kappa shape index (κ1) is 18.9. The predicted molar refractivity (Wildman–Crippen MR) is 83.8 cm³/mol. The lowest BCUT2D eigenvalue weighted by atomic mass is 10.1. The average molecular weight is 301 g/mol. The van der Waals surface area contributed by atoms with Crippen molar-refractivity contribution >= 4 is 18.3 Å². The first-order valence-corrected chi connectivity index (χ1v) is 6.89. The lowest BCUT2D eigenvalue weighted by Crippen LogP contribution is -2.23. The molecule has 0 radical (unpaired) electrons. The third-order valence-corrected chi connectivity index (χ3v) is 2.81. The van der Waals surface area contributed by atoms with E-state index in [0.29, 0.717) is 26.1 Å². The van der Waals surface area contributed by atoms with Crippen molar-refractivity contribution in [1.82, 2.24) is 5.32 Å². The van der Waals surface area contributed by atoms with Crippen molar-refractivity contribution in [1.29, 1.82) is 0 Å². The molecule has 0 saturated heterocycles. The maximum absolute atomic E-state index is 11.5. The largest absolute Gasteiger partial charge is 0.377 e. The second kappa shape index (κ2) is 11.7. The summed E-state index contributed by atoms with van der Waals surface area (Å²) in [6.07, 6.45) is 2.23. The van der Waals surface area contributed by atoms with E-state index in [9.17, 15) is 4.79 Å². The molecule has 1 aromatic rings. The molecule has 3 N–H and O–H groups in total. The summed E-state index contributed by atoms with van der Waals surface area (Å²) >= 11 is 0. The number of hydrogen-bond acceptors (Lipinski definition) is 3. The Morgan fingerprint density at radius 2 is 2.00 bits per heavy atom. The molecular formula is C15H25ClN2O2. The second-order valence-corrected chi connectivity index (χ2v) is 4.49. The van der Waals surface area contributed by atoms with Gasteiger partial charge in [0, 0.05) is 19.6 Å². The lowest BCUT2D eigenvalue weighted by molar-refractivity contribution is -0.121. The molecule has 0 aliphatic carbocycles. The molecule has 0 heterocycles. The van der Waals surface area contributed by atoms with E-state index >= 15 is 0 Å². The number of nitrogens with one attached hydrogen (secondary N) is 1. The summed E-state index contributed by atoms with van der Waals surface area (Å²) in [6.45, 7) is 4.55. The molecule has 20 heavy (non-hydrogen) atoms. The Labute approximate surface area is 127 Å². The summed E-state index contributed by atoms with van der Waals surface area (Å²) in [5, 5.41) is 2.91. The summed E-state index contributed by atoms with van der Waals surface area (Å²) in [6, 6.07) is 8.03. The molecule has 0 aliphatic rings. The smallest absolute Gasteiger partial charge is 0.220 e. The van der Waals surface area contributed by atoms with Crippen molar-refractivity contribution in [3.8, 4) is 0 Å². The Bertz CT molecular complexity index is 386. The van der Waals surface area contributed by atoms with Crippen LogP contribution in [0.4, 0.5) is 0 Å². The molecule has 0 atom stereocenters. The highest BCUT2D eigenvalue weighted by Gasteiger charge is 2.04. The van der Waals surface area contributed by atoms with Gasteiger partial charge in [0.05, 0.1) is 6.61 Å². The average Bonchev–Trinajstić information content (AvgIpc) is 2.44. The lowest BCUT2D eigenvalue weighted by Gasteiger charge is -2.11. The normalized spacial score (nSPS) is 9.90. The highest BCUT2D eigenvalue weighted by Crippen LogP contribution is 2.10. The van der Waals surface area contributed by atoms with Crippen molar-refractivity contribution in [2.45, 2.75) is 39.3 Å². The van der Waals surface area contributed by atoms with Crippen molar-refractivity contribution in [2.24, 2.45) is 5.73 Å². The highest BCUT2D eigenvalue weighted by molar-refractivity contribution is 5.85. The summed E-state index contributed by atoms with van der Waals surface area (Å²) in [5.41, 5.74) is 7.62. The van der Waals surface area contributed by atoms with Gasteiger partial charge in [0.2, 0.25) is 5.91 Å². The van der Waals surface area contributed by atoms with Gasteiger partial charge < -0.3 is 15.8 Å². The molecule has 0 spiro atoms. The fourth-order valence-electron chi connectivity index (χ4n) is 1.74. The minimum atomic E-state index is 0. The van der Waals surface area contributed by atoms with E-state index in [0.717, 1.165) is 30.6 Å². The number of hydrogen-bond donors (Lipinski definition) is 2. The molecule has 4 nitrogen and oxygen atoms in total. The summed E-state index contributed by atoms with van der Waals surface area (Å²) in [5.74, 6) is 0.0507. The molecule has 0 unspecified atom stereocenters. The summed E-state index contributed by atoms with van der Waals surface area (Å²) in [4.78, 5) is 11.5. The van der Waals surface area contributed by atoms with Crippen LogP contribution in [0.3, 0.4) is 0 Å². The quantitative estimate of drug-likeness (QED) is 0.688. The number of halogens is 1. The number of amides is 1. The fraction of sp³-hybridized carbons (Fsp3) is 0.533. The SMILES string of the molecule is CCCOCc1ccccc1CNC(=O)CCCN.Cl. The van der Waals surface area contributed by atoms with Gasteiger partial charge >= 0.3 is 0 Å². The first-order chi connectivity index (χ1) is 9.27. The molecule has 0 fully saturated rings. The van der Waals surface area contributed by atoms with E-state index in [2.05, 4.69) is 12.2 Å². The first-order valence-electron chi connectivity index (χ1n) is 6.89. The molecule has 0 aromatic heterocycles. The van der Waals surface area contributed by atoms with Crippen LogP contribution in [0.1, 0.15) is 37.3 Å². The van der Waals surface area contributed by atoms with E-state index in [1.54, 1.807) is 0 Å². The Morgan fingerprint density at radius 1 is 1.30 bits per heavy atom. The number of carbonyl (C=O) groups excluding carboxylic acids is 1. The van der Waals surface area contributed by atoms with Gasteiger partial charge in [-0.05, 0) is 30.5 Å². The van der Waals surface area contributed by atoms with Gasteiger partial charge in [-0.3, -0.25) is 4.79 Å². The monoisotopic (exact) mass is 300 g/mol. The van der Waals surface area contributed by atoms with E-state index in [1.807, 2.05) is 24.3 Å². The number of ether oxygens (including phenoxy) is 1. The van der Waals surface area contributed by atoms with Crippen LogP contribution in [0.15, 0.2) is 24.3 Å². The Hall–Kier alpha value is -1.10. The van der Waals surface area contributed by atoms with Crippen molar-refractivity contribution in [2.75, 3.05) is 13.2 Å². The molecule has 1 rings (SSSR count). The van der Waals surface area contributed by atoms with E-state index in [-0.39, 0.29) is 18.3 Å². The van der Waals surface area contributed by atoms with Crippen LogP contribution in [0.2, 0.25) is 0 Å². The highest BCUT2D eigenvalue weighted by atomic mass is 35.5. The van der Waals surface area contributed by atoms with Crippen LogP contribution in [0, 0.1) is 0 Å². The van der Waals surface area contributed by atoms with Crippen molar-refractivity contribution in [3.63, 3.8) is 0 Å². The molecule has 1 amide bonds. The van der Waals surface area contributed by atoms with E-state index in [4.69, 9.17) is 10.5 Å². The van der Waals surface area contributed by atoms with Gasteiger partial charge in [-0.15, -0.1) is 12.4 Å². The third kappa shape index (κ3) is 7.48. The molecule has 114 valence electrons. The van der Waals surface area contributed by atoms with E-state index in [1.165, 1.54) is 0 Å². The van der Waals surface area contributed by atoms with E-state index < -0.39 is 0 Å². The number of benzene rings is 1. The van der Waals surface area contributed by atoms with Crippen LogP contribution in [-0.2, 0) is 22.7 Å². The maximum atomic E-state index is 11.5. The van der Waals surface area contributed by atoms with Crippen LogP contribution >= 0.6 is 12.4 Å². The van der Waals surface area contributed by atoms with Gasteiger partial charge in [-0.1, -0.05) is 31.2 Å². The minimum absolute atomic E-state index is 0. The van der Waals surface area contributed by atoms with Crippen LogP contribution in [0.25, 0.3) is 0 Å². The molecule has 0 saturated carbocycles. The minimum Gasteiger partial charge on any atom is -0.377 e. The Morgan fingerprint density at radius 3 is 2.65 bits per heavy atom. The Kier molecular flexibility index (Phi) is 11.1. The van der Waals surface area contributed by atoms with Gasteiger partial charge in [0.25, 0.3) is 0 Å². The molecule has 0 aliphatic heterocycles. The topological polar surface area (TPSA) is 64.3 Å². The number of rotatable bonds is 9. The molecule has 5 heteroatoms. The van der Waals surface area contributed by atoms with Gasteiger partial charge in [-0.2, -0.15) is 0 Å². The molecule has 1 aromatic carbocycles. The fourth-order valence-corrected chi connectivity index (χ4v) is 1.74. The van der Waals surface area contributed by atoms with Gasteiger partial charge in [0.15, 0.2) is 0 Å². The molecule has 0 bridgehead atoms. The Balaban J connectivity index is 0.00000361. The summed E-state index contributed by atoms with van der Waals surface area (Å²) < 4.78 is 5.55. The van der Waals surface area contributed by atoms with Crippen molar-refractivity contribution in [3.05, 3.63) is 35.4 Å². The second-order valence-electron chi connectivity index (χ2n) is 4.49. The summed E-state index contributed by atoms with van der Waals surface area (Å²) in [7, 11) is 0. The third-order valence-electron chi connectivity index (χ3n) is 2.81. The van der Waals surface area contributed by atoms with Gasteiger partial charge in [0.1, 0.15) is 0 Å². The zero-order valence-corrected chi connectivity index (χ0v) is 12.9. The zero-order chi connectivity index (χ0) is 13.9. The standard InChI is InChI=1S/C15H24N2O2.ClH/c1-2-10-19-12-14-7-4-3-6-13(14)11-17-15(18)8-5-9-16;/h3-4,6-7H,2,5,8-12,16H2,1H3,(H,17,18);1H. The van der Waals surface area contributed by atoms with Crippen LogP contribution < -0.4 is 11.1 Å². The van der Waals surface area contributed by atoms with Gasteiger partial charge in [-0.25, -0.2) is 0 Å². The molecular weight excluding hydrogens is 276 g/mol. The van der Waals surface area contributed by atoms with Crippen LogP contribution in [-0.4, -0.2) is 19.1 Å².